The maximum Gasteiger partial charge on any atom is 3.00 e. The van der Waals surface area contributed by atoms with Gasteiger partial charge in [-0.25, -0.2) is 0 Å². The first-order valence-corrected chi connectivity index (χ1v) is 8.13. The Kier molecular flexibility index (Phi) is 11.0. The molecule has 0 aliphatic heterocycles. The Balaban J connectivity index is 0.000000429. The van der Waals surface area contributed by atoms with Gasteiger partial charge < -0.3 is 45.0 Å². The number of carbonyl (C=O) groups excluding carboxylic acids is 3. The van der Waals surface area contributed by atoms with E-state index in [-0.39, 0.29) is 42.4 Å². The molecule has 0 bridgehead atoms. The molecule has 0 atom stereocenters. The number of hydrogen-bond acceptors (Lipinski definition) is 9. The molecule has 0 fully saturated rings. The number of phenols is 3. The van der Waals surface area contributed by atoms with Crippen LogP contribution in [0.2, 0.25) is 0 Å². The number of para-hydroxylation sites is 3. The Bertz CT molecular complexity index is 903. The van der Waals surface area contributed by atoms with Crippen LogP contribution in [0, 0.1) is 0 Å². The zero-order chi connectivity index (χ0) is 22.7. The van der Waals surface area contributed by atoms with Gasteiger partial charge in [-0.05, 0) is 36.4 Å². The summed E-state index contributed by atoms with van der Waals surface area (Å²) in [5, 5.41) is 57.0. The van der Waals surface area contributed by atoms with Gasteiger partial charge in [0.2, 0.25) is 0 Å². The van der Waals surface area contributed by atoms with E-state index in [0.29, 0.717) is 0 Å². The fourth-order valence-electron chi connectivity index (χ4n) is 1.94. The van der Waals surface area contributed by atoms with Crippen LogP contribution >= 0.6 is 0 Å². The summed E-state index contributed by atoms with van der Waals surface area (Å²) in [5.41, 5.74) is -0.535. The first kappa shape index (κ1) is 26.5. The zero-order valence-electron chi connectivity index (χ0n) is 15.8. The van der Waals surface area contributed by atoms with Crippen molar-refractivity contribution in [3.63, 3.8) is 0 Å². The molecule has 0 aromatic heterocycles. The molecule has 0 amide bonds. The molecule has 0 saturated heterocycles. The van der Waals surface area contributed by atoms with Gasteiger partial charge in [-0.2, -0.15) is 0 Å². The van der Waals surface area contributed by atoms with Crippen molar-refractivity contribution in [1.82, 2.24) is 0 Å². The summed E-state index contributed by atoms with van der Waals surface area (Å²) in [4.78, 5) is 30.5. The van der Waals surface area contributed by atoms with Gasteiger partial charge >= 0.3 is 8.41 Å². The maximum absolute atomic E-state index is 10.2. The second kappa shape index (κ2) is 12.9. The third-order valence-electron chi connectivity index (χ3n) is 3.37. The topological polar surface area (TPSA) is 181 Å². The van der Waals surface area contributed by atoms with E-state index in [1.165, 1.54) is 54.6 Å². The third kappa shape index (κ3) is 8.61. The molecule has 0 saturated carbocycles. The van der Waals surface area contributed by atoms with Gasteiger partial charge in [0.05, 0.1) is 17.9 Å². The van der Waals surface area contributed by atoms with Gasteiger partial charge in [0, 0.05) is 16.7 Å². The number of aromatic hydroxyl groups is 3. The number of rotatable bonds is 3. The smallest absolute Gasteiger partial charge is 0.545 e. The summed E-state index contributed by atoms with van der Waals surface area (Å²) in [7, 11) is 0. The van der Waals surface area contributed by atoms with E-state index in [0.717, 1.165) is 0 Å². The van der Waals surface area contributed by atoms with Crippen molar-refractivity contribution in [3.8, 4) is 17.2 Å². The molecular weight excluding hydrogens is 407 g/mol. The van der Waals surface area contributed by atoms with Crippen LogP contribution in [0.4, 0.5) is 0 Å². The van der Waals surface area contributed by atoms with Crippen LogP contribution in [-0.2, 0) is 0 Å². The Morgan fingerprint density at radius 1 is 0.484 bits per heavy atom. The van der Waals surface area contributed by atoms with Gasteiger partial charge in [0.25, 0.3) is 0 Å². The number of carbonyl (C=O) groups is 3. The van der Waals surface area contributed by atoms with E-state index in [1.807, 2.05) is 0 Å². The summed E-state index contributed by atoms with van der Waals surface area (Å²) >= 11 is 0. The normalized spacial score (nSPS) is 8.90. The molecule has 3 aromatic carbocycles. The maximum atomic E-state index is 10.2. The molecule has 31 heavy (non-hydrogen) atoms. The Morgan fingerprint density at radius 2 is 0.677 bits per heavy atom. The Hall–Kier alpha value is -4.47. The van der Waals surface area contributed by atoms with Crippen LogP contribution in [0.15, 0.2) is 72.8 Å². The molecule has 0 aliphatic carbocycles. The summed E-state index contributed by atoms with van der Waals surface area (Å²) in [6.07, 6.45) is 0. The average molecular weight is 422 g/mol. The minimum atomic E-state index is -1.36. The van der Waals surface area contributed by atoms with Crippen molar-refractivity contribution in [1.29, 1.82) is 0 Å². The molecule has 0 heterocycles. The van der Waals surface area contributed by atoms with Crippen LogP contribution < -0.4 is 15.3 Å². The third-order valence-corrected chi connectivity index (χ3v) is 3.37. The molecular formula is C21H15BO9. The van der Waals surface area contributed by atoms with Crippen molar-refractivity contribution in [2.75, 3.05) is 0 Å². The summed E-state index contributed by atoms with van der Waals surface area (Å²) in [6.45, 7) is 0. The quantitative estimate of drug-likeness (QED) is 0.441. The van der Waals surface area contributed by atoms with Gasteiger partial charge in [0.15, 0.2) is 0 Å². The van der Waals surface area contributed by atoms with Crippen molar-refractivity contribution in [3.05, 3.63) is 89.5 Å². The van der Waals surface area contributed by atoms with E-state index in [2.05, 4.69) is 0 Å². The van der Waals surface area contributed by atoms with Crippen LogP contribution in [-0.4, -0.2) is 41.6 Å². The Morgan fingerprint density at radius 3 is 0.806 bits per heavy atom. The molecule has 10 heteroatoms. The second-order valence-electron chi connectivity index (χ2n) is 5.41. The Labute approximate surface area is 178 Å². The first-order chi connectivity index (χ1) is 14.1. The van der Waals surface area contributed by atoms with Crippen molar-refractivity contribution in [2.24, 2.45) is 0 Å². The van der Waals surface area contributed by atoms with Crippen molar-refractivity contribution >= 4 is 26.3 Å². The minimum Gasteiger partial charge on any atom is -0.545 e. The van der Waals surface area contributed by atoms with Crippen molar-refractivity contribution in [2.45, 2.75) is 0 Å². The summed E-state index contributed by atoms with van der Waals surface area (Å²) in [6, 6.07) is 16.9. The van der Waals surface area contributed by atoms with Gasteiger partial charge in [-0.1, -0.05) is 36.4 Å². The first-order valence-electron chi connectivity index (χ1n) is 8.13. The van der Waals surface area contributed by atoms with Gasteiger partial charge in [0.1, 0.15) is 17.2 Å². The standard InChI is InChI=1S/3C7H6O3.B/c3*8-6-4-2-1-3-5(6)7(9)10;/h3*1-4,8H,(H,9,10);/q;;;+3/p-3. The SMILES string of the molecule is O=C([O-])c1ccccc1O.O=C([O-])c1ccccc1O.O=C([O-])c1ccccc1O.[B+3]. The zero-order valence-corrected chi connectivity index (χ0v) is 15.8. The van der Waals surface area contributed by atoms with E-state index >= 15 is 0 Å². The van der Waals surface area contributed by atoms with Crippen LogP contribution in [0.3, 0.4) is 0 Å². The molecule has 0 radical (unpaired) electrons. The molecule has 3 rings (SSSR count). The molecule has 3 aromatic rings. The van der Waals surface area contributed by atoms with Gasteiger partial charge in [-0.3, -0.25) is 0 Å². The van der Waals surface area contributed by atoms with E-state index < -0.39 is 17.9 Å². The number of aromatic carboxylic acids is 3. The number of benzene rings is 3. The number of hydrogen-bond donors (Lipinski definition) is 3. The molecule has 0 unspecified atom stereocenters. The van der Waals surface area contributed by atoms with E-state index in [4.69, 9.17) is 15.3 Å². The average Bonchev–Trinajstić information content (AvgIpc) is 2.69. The van der Waals surface area contributed by atoms with Crippen LogP contribution in [0.1, 0.15) is 31.1 Å². The van der Waals surface area contributed by atoms with Crippen LogP contribution in [0.25, 0.3) is 0 Å². The number of carboxylic acid groups (broad SMARTS) is 3. The largest absolute Gasteiger partial charge is 3.00 e. The predicted molar refractivity (Wildman–Crippen MR) is 103 cm³/mol. The summed E-state index contributed by atoms with van der Waals surface area (Å²) in [5.74, 6) is -4.87. The van der Waals surface area contributed by atoms with E-state index in [1.54, 1.807) is 18.2 Å². The molecule has 0 aliphatic rings. The van der Waals surface area contributed by atoms with Crippen molar-refractivity contribution < 1.29 is 45.0 Å². The minimum absolute atomic E-state index is 0. The monoisotopic (exact) mass is 422 g/mol. The fraction of sp³-hybridized carbons (Fsp3) is 0. The molecule has 3 N–H and O–H groups in total. The van der Waals surface area contributed by atoms with Gasteiger partial charge in [-0.15, -0.1) is 0 Å². The molecule has 0 spiro atoms. The summed E-state index contributed by atoms with van der Waals surface area (Å²) < 4.78 is 0. The molecule has 156 valence electrons. The van der Waals surface area contributed by atoms with Crippen LogP contribution in [0.5, 0.6) is 17.2 Å². The molecule has 9 nitrogen and oxygen atoms in total. The van der Waals surface area contributed by atoms with E-state index in [9.17, 15) is 29.7 Å². The number of carboxylic acids is 3. The second-order valence-corrected chi connectivity index (χ2v) is 5.41. The fourth-order valence-corrected chi connectivity index (χ4v) is 1.94. The predicted octanol–water partition coefficient (Wildman–Crippen LogP) is -1.11.